The SMILES string of the molecule is CC(=O)Nc1nc2c(-c3cc(-c4ccc(C)cc4Cl)c(-c4ncc[nH]4)s3)ncnc2s1. The number of anilines is 1. The Labute approximate surface area is 190 Å². The highest BCUT2D eigenvalue weighted by atomic mass is 35.5. The van der Waals surface area contributed by atoms with E-state index in [9.17, 15) is 4.79 Å². The minimum Gasteiger partial charge on any atom is -0.344 e. The number of hydrogen-bond acceptors (Lipinski definition) is 7. The first-order valence-electron chi connectivity index (χ1n) is 9.29. The molecule has 5 rings (SSSR count). The Bertz CT molecular complexity index is 1420. The van der Waals surface area contributed by atoms with Gasteiger partial charge in [-0.2, -0.15) is 0 Å². The summed E-state index contributed by atoms with van der Waals surface area (Å²) in [6.07, 6.45) is 5.02. The monoisotopic (exact) mass is 466 g/mol. The highest BCUT2D eigenvalue weighted by Crippen LogP contribution is 2.45. The first-order valence-corrected chi connectivity index (χ1v) is 11.3. The molecule has 1 amide bonds. The summed E-state index contributed by atoms with van der Waals surface area (Å²) in [6, 6.07) is 8.05. The van der Waals surface area contributed by atoms with Gasteiger partial charge in [-0.1, -0.05) is 35.1 Å². The molecule has 31 heavy (non-hydrogen) atoms. The molecule has 5 aromatic rings. The number of fused-ring (bicyclic) bond motifs is 1. The number of imidazole rings is 1. The number of amides is 1. The minimum atomic E-state index is -0.180. The summed E-state index contributed by atoms with van der Waals surface area (Å²) in [5.41, 5.74) is 4.32. The average molecular weight is 467 g/mol. The van der Waals surface area contributed by atoms with Crippen LogP contribution in [0.1, 0.15) is 12.5 Å². The van der Waals surface area contributed by atoms with Crippen LogP contribution < -0.4 is 5.32 Å². The summed E-state index contributed by atoms with van der Waals surface area (Å²) in [7, 11) is 0. The van der Waals surface area contributed by atoms with Crippen molar-refractivity contribution in [1.82, 2.24) is 24.9 Å². The van der Waals surface area contributed by atoms with Crippen LogP contribution in [-0.2, 0) is 4.79 Å². The molecule has 2 N–H and O–H groups in total. The van der Waals surface area contributed by atoms with E-state index in [1.165, 1.54) is 24.6 Å². The molecule has 0 fully saturated rings. The third kappa shape index (κ3) is 3.71. The van der Waals surface area contributed by atoms with Gasteiger partial charge in [0.1, 0.15) is 28.2 Å². The number of thiazole rings is 1. The molecule has 0 radical (unpaired) electrons. The summed E-state index contributed by atoms with van der Waals surface area (Å²) in [4.78, 5) is 35.0. The van der Waals surface area contributed by atoms with Crippen molar-refractivity contribution in [3.63, 3.8) is 0 Å². The van der Waals surface area contributed by atoms with Crippen LogP contribution in [0.3, 0.4) is 0 Å². The number of hydrogen-bond donors (Lipinski definition) is 2. The molecule has 4 heterocycles. The number of nitrogens with one attached hydrogen (secondary N) is 2. The summed E-state index contributed by atoms with van der Waals surface area (Å²) < 4.78 is 0. The van der Waals surface area contributed by atoms with Gasteiger partial charge < -0.3 is 10.3 Å². The Morgan fingerprint density at radius 2 is 2.00 bits per heavy atom. The van der Waals surface area contributed by atoms with Crippen molar-refractivity contribution in [2.45, 2.75) is 13.8 Å². The Balaban J connectivity index is 1.71. The van der Waals surface area contributed by atoms with Gasteiger partial charge in [0.05, 0.1) is 9.75 Å². The maximum atomic E-state index is 11.4. The number of aryl methyl sites for hydroxylation is 1. The fourth-order valence-electron chi connectivity index (χ4n) is 3.25. The molecular formula is C21H15ClN6OS2. The lowest BCUT2D eigenvalue weighted by Gasteiger charge is -2.05. The number of thiophene rings is 1. The van der Waals surface area contributed by atoms with E-state index in [4.69, 9.17) is 11.6 Å². The van der Waals surface area contributed by atoms with Gasteiger partial charge in [-0.05, 0) is 24.6 Å². The van der Waals surface area contributed by atoms with Crippen molar-refractivity contribution in [2.75, 3.05) is 5.32 Å². The highest BCUT2D eigenvalue weighted by molar-refractivity contribution is 7.22. The van der Waals surface area contributed by atoms with Gasteiger partial charge in [-0.25, -0.2) is 19.9 Å². The van der Waals surface area contributed by atoms with Gasteiger partial charge in [0.25, 0.3) is 0 Å². The fraction of sp³-hybridized carbons (Fsp3) is 0.0952. The van der Waals surface area contributed by atoms with Crippen molar-refractivity contribution in [1.29, 1.82) is 0 Å². The molecule has 0 atom stereocenters. The minimum absolute atomic E-state index is 0.180. The first-order chi connectivity index (χ1) is 15.0. The second-order valence-electron chi connectivity index (χ2n) is 6.85. The number of benzene rings is 1. The molecule has 1 aromatic carbocycles. The fourth-order valence-corrected chi connectivity index (χ4v) is 5.57. The highest BCUT2D eigenvalue weighted by Gasteiger charge is 2.21. The molecule has 4 aromatic heterocycles. The van der Waals surface area contributed by atoms with E-state index < -0.39 is 0 Å². The summed E-state index contributed by atoms with van der Waals surface area (Å²) in [6.45, 7) is 3.46. The predicted molar refractivity (Wildman–Crippen MR) is 126 cm³/mol. The van der Waals surface area contributed by atoms with E-state index in [0.717, 1.165) is 32.3 Å². The lowest BCUT2D eigenvalue weighted by molar-refractivity contribution is -0.114. The molecule has 0 aliphatic carbocycles. The van der Waals surface area contributed by atoms with E-state index in [-0.39, 0.29) is 5.91 Å². The van der Waals surface area contributed by atoms with Gasteiger partial charge in [0.2, 0.25) is 5.91 Å². The summed E-state index contributed by atoms with van der Waals surface area (Å²) in [5.74, 6) is 0.575. The zero-order chi connectivity index (χ0) is 21.5. The third-order valence-corrected chi connectivity index (χ3v) is 6.91. The van der Waals surface area contributed by atoms with E-state index in [1.54, 1.807) is 23.7 Å². The molecule has 10 heteroatoms. The lowest BCUT2D eigenvalue weighted by Crippen LogP contribution is -2.04. The van der Waals surface area contributed by atoms with Crippen LogP contribution >= 0.6 is 34.3 Å². The molecule has 0 saturated heterocycles. The summed E-state index contributed by atoms with van der Waals surface area (Å²) >= 11 is 9.46. The zero-order valence-corrected chi connectivity index (χ0v) is 18.8. The first kappa shape index (κ1) is 19.8. The van der Waals surface area contributed by atoms with E-state index in [2.05, 4.69) is 36.3 Å². The Morgan fingerprint density at radius 3 is 2.74 bits per heavy atom. The maximum Gasteiger partial charge on any atom is 0.223 e. The number of aromatic nitrogens is 5. The van der Waals surface area contributed by atoms with Crippen LogP contribution in [0.25, 0.3) is 42.7 Å². The average Bonchev–Trinajstić information content (AvgIpc) is 3.46. The largest absolute Gasteiger partial charge is 0.344 e. The third-order valence-electron chi connectivity index (χ3n) is 4.57. The number of halogens is 1. The number of nitrogens with zero attached hydrogens (tertiary/aromatic N) is 4. The molecular weight excluding hydrogens is 452 g/mol. The summed E-state index contributed by atoms with van der Waals surface area (Å²) in [5, 5.41) is 3.89. The number of carbonyl (C=O) groups is 1. The lowest BCUT2D eigenvalue weighted by atomic mass is 10.0. The van der Waals surface area contributed by atoms with Crippen molar-refractivity contribution in [3.05, 3.63) is 53.6 Å². The van der Waals surface area contributed by atoms with Gasteiger partial charge in [0, 0.05) is 35.5 Å². The molecule has 0 spiro atoms. The maximum absolute atomic E-state index is 11.4. The number of H-pyrrole nitrogens is 1. The second kappa shape index (κ2) is 7.84. The molecule has 7 nitrogen and oxygen atoms in total. The molecule has 0 saturated carbocycles. The van der Waals surface area contributed by atoms with Gasteiger partial charge in [0.15, 0.2) is 5.13 Å². The smallest absolute Gasteiger partial charge is 0.223 e. The molecule has 0 aliphatic heterocycles. The number of rotatable bonds is 4. The van der Waals surface area contributed by atoms with E-state index >= 15 is 0 Å². The predicted octanol–water partition coefficient (Wildman–Crippen LogP) is 5.79. The quantitative estimate of drug-likeness (QED) is 0.349. The Kier molecular flexibility index (Phi) is 5.01. The van der Waals surface area contributed by atoms with Crippen LogP contribution in [-0.4, -0.2) is 30.8 Å². The molecule has 0 aliphatic rings. The number of carbonyl (C=O) groups excluding carboxylic acids is 1. The number of aromatic amines is 1. The molecule has 154 valence electrons. The molecule has 0 bridgehead atoms. The van der Waals surface area contributed by atoms with Crippen molar-refractivity contribution in [3.8, 4) is 32.4 Å². The Morgan fingerprint density at radius 1 is 1.13 bits per heavy atom. The van der Waals surface area contributed by atoms with Crippen LogP contribution in [0.15, 0.2) is 43.0 Å². The van der Waals surface area contributed by atoms with Crippen molar-refractivity contribution < 1.29 is 4.79 Å². The van der Waals surface area contributed by atoms with E-state index in [0.29, 0.717) is 26.2 Å². The normalized spacial score (nSPS) is 11.2. The topological polar surface area (TPSA) is 96.5 Å². The molecule has 0 unspecified atom stereocenters. The van der Waals surface area contributed by atoms with Gasteiger partial charge in [-0.3, -0.25) is 4.79 Å². The van der Waals surface area contributed by atoms with Crippen molar-refractivity contribution in [2.24, 2.45) is 0 Å². The second-order valence-corrected chi connectivity index (χ2v) is 9.29. The van der Waals surface area contributed by atoms with Crippen LogP contribution in [0, 0.1) is 6.92 Å². The van der Waals surface area contributed by atoms with Crippen molar-refractivity contribution >= 4 is 55.7 Å². The van der Waals surface area contributed by atoms with Gasteiger partial charge in [-0.15, -0.1) is 11.3 Å². The van der Waals surface area contributed by atoms with Crippen LogP contribution in [0.4, 0.5) is 5.13 Å². The zero-order valence-electron chi connectivity index (χ0n) is 16.4. The standard InChI is InChI=1S/C21H15ClN6OS2/c1-10-3-4-12(14(22)7-10)13-8-15(30-18(13)19-23-5-6-24-19)16-17-20(26-9-25-16)31-21(28-17)27-11(2)29/h3-9H,1-2H3,(H,23,24)(H,27,28,29). The Hall–Kier alpha value is -3.14. The van der Waals surface area contributed by atoms with Gasteiger partial charge >= 0.3 is 0 Å². The van der Waals surface area contributed by atoms with E-state index in [1.807, 2.05) is 25.1 Å². The van der Waals surface area contributed by atoms with Crippen LogP contribution in [0.5, 0.6) is 0 Å². The van der Waals surface area contributed by atoms with Crippen LogP contribution in [0.2, 0.25) is 5.02 Å².